The summed E-state index contributed by atoms with van der Waals surface area (Å²) in [5, 5.41) is 8.75. The van der Waals surface area contributed by atoms with Crippen molar-refractivity contribution in [3.63, 3.8) is 0 Å². The van der Waals surface area contributed by atoms with E-state index in [1.165, 1.54) is 4.90 Å². The maximum atomic E-state index is 11.9. The highest BCUT2D eigenvalue weighted by molar-refractivity contribution is 5.86. The first-order valence-corrected chi connectivity index (χ1v) is 5.10. The van der Waals surface area contributed by atoms with Gasteiger partial charge in [0.1, 0.15) is 6.54 Å². The molecule has 0 aliphatic heterocycles. The fourth-order valence-electron chi connectivity index (χ4n) is 1.26. The van der Waals surface area contributed by atoms with Gasteiger partial charge in [0.15, 0.2) is 0 Å². The third-order valence-electron chi connectivity index (χ3n) is 2.11. The SMILES string of the molecule is C=CCC(N)C(=O)N(CC(=O)O)C(C)(C)C. The van der Waals surface area contributed by atoms with Crippen molar-refractivity contribution in [2.24, 2.45) is 5.73 Å². The minimum absolute atomic E-state index is 0.338. The molecule has 92 valence electrons. The van der Waals surface area contributed by atoms with Crippen LogP contribution < -0.4 is 5.73 Å². The van der Waals surface area contributed by atoms with Crippen molar-refractivity contribution in [2.75, 3.05) is 6.54 Å². The van der Waals surface area contributed by atoms with Gasteiger partial charge in [-0.2, -0.15) is 0 Å². The normalized spacial score (nSPS) is 13.0. The van der Waals surface area contributed by atoms with Crippen molar-refractivity contribution in [2.45, 2.75) is 38.8 Å². The highest BCUT2D eigenvalue weighted by atomic mass is 16.4. The Morgan fingerprint density at radius 1 is 1.50 bits per heavy atom. The van der Waals surface area contributed by atoms with Crippen molar-refractivity contribution < 1.29 is 14.7 Å². The maximum absolute atomic E-state index is 11.9. The lowest BCUT2D eigenvalue weighted by Gasteiger charge is -2.36. The van der Waals surface area contributed by atoms with Crippen LogP contribution in [-0.2, 0) is 9.59 Å². The van der Waals surface area contributed by atoms with Gasteiger partial charge in [0.25, 0.3) is 0 Å². The Bertz CT molecular complexity index is 281. The average molecular weight is 228 g/mol. The molecule has 0 bridgehead atoms. The minimum Gasteiger partial charge on any atom is -0.480 e. The number of rotatable bonds is 5. The lowest BCUT2D eigenvalue weighted by Crippen LogP contribution is -2.54. The summed E-state index contributed by atoms with van der Waals surface area (Å²) in [6, 6.07) is -0.726. The second kappa shape index (κ2) is 5.65. The van der Waals surface area contributed by atoms with E-state index in [-0.39, 0.29) is 12.5 Å². The van der Waals surface area contributed by atoms with Crippen LogP contribution in [0.5, 0.6) is 0 Å². The van der Waals surface area contributed by atoms with Gasteiger partial charge in [-0.05, 0) is 27.2 Å². The Kier molecular flexibility index (Phi) is 5.17. The van der Waals surface area contributed by atoms with Gasteiger partial charge < -0.3 is 15.7 Å². The zero-order valence-corrected chi connectivity index (χ0v) is 10.1. The Balaban J connectivity index is 4.82. The molecule has 1 amide bonds. The molecule has 0 heterocycles. The first-order valence-electron chi connectivity index (χ1n) is 5.10. The molecule has 1 unspecified atom stereocenters. The van der Waals surface area contributed by atoms with E-state index in [9.17, 15) is 9.59 Å². The quantitative estimate of drug-likeness (QED) is 0.675. The van der Waals surface area contributed by atoms with Crippen molar-refractivity contribution in [3.8, 4) is 0 Å². The van der Waals surface area contributed by atoms with Gasteiger partial charge in [-0.25, -0.2) is 0 Å². The standard InChI is InChI=1S/C11H20N2O3/c1-5-6-8(12)10(16)13(7-9(14)15)11(2,3)4/h5,8H,1,6-7,12H2,2-4H3,(H,14,15). The molecule has 16 heavy (non-hydrogen) atoms. The molecule has 0 fully saturated rings. The van der Waals surface area contributed by atoms with Crippen LogP contribution in [0.15, 0.2) is 12.7 Å². The number of carbonyl (C=O) groups excluding carboxylic acids is 1. The van der Waals surface area contributed by atoms with Crippen LogP contribution in [0.4, 0.5) is 0 Å². The summed E-state index contributed by atoms with van der Waals surface area (Å²) in [6.45, 7) is 8.48. The summed E-state index contributed by atoms with van der Waals surface area (Å²) < 4.78 is 0. The van der Waals surface area contributed by atoms with E-state index in [1.807, 2.05) is 0 Å². The molecule has 0 aliphatic carbocycles. The molecule has 5 nitrogen and oxygen atoms in total. The molecule has 1 atom stereocenters. The molecular weight excluding hydrogens is 208 g/mol. The molecule has 5 heteroatoms. The largest absolute Gasteiger partial charge is 0.480 e. The zero-order chi connectivity index (χ0) is 12.9. The summed E-state index contributed by atoms with van der Waals surface area (Å²) in [5.41, 5.74) is 5.08. The number of hydrogen-bond donors (Lipinski definition) is 2. The van der Waals surface area contributed by atoms with E-state index in [0.717, 1.165) is 0 Å². The molecule has 0 aromatic rings. The van der Waals surface area contributed by atoms with Gasteiger partial charge in [0.05, 0.1) is 6.04 Å². The Hall–Kier alpha value is -1.36. The van der Waals surface area contributed by atoms with E-state index in [0.29, 0.717) is 6.42 Å². The number of carboxylic acid groups (broad SMARTS) is 1. The molecule has 0 spiro atoms. The number of nitrogens with zero attached hydrogens (tertiary/aromatic N) is 1. The Labute approximate surface area is 95.9 Å². The number of aliphatic carboxylic acids is 1. The molecular formula is C11H20N2O3. The van der Waals surface area contributed by atoms with Crippen LogP contribution in [0, 0.1) is 0 Å². The van der Waals surface area contributed by atoms with Gasteiger partial charge in [-0.1, -0.05) is 6.08 Å². The molecule has 0 aliphatic rings. The van der Waals surface area contributed by atoms with E-state index in [1.54, 1.807) is 26.8 Å². The summed E-state index contributed by atoms with van der Waals surface area (Å²) >= 11 is 0. The maximum Gasteiger partial charge on any atom is 0.323 e. The zero-order valence-electron chi connectivity index (χ0n) is 10.1. The van der Waals surface area contributed by atoms with Gasteiger partial charge in [-0.15, -0.1) is 6.58 Å². The van der Waals surface area contributed by atoms with Crippen LogP contribution in [0.1, 0.15) is 27.2 Å². The molecule has 0 aromatic heterocycles. The summed E-state index contributed by atoms with van der Waals surface area (Å²) in [7, 11) is 0. The highest BCUT2D eigenvalue weighted by Gasteiger charge is 2.31. The van der Waals surface area contributed by atoms with Crippen LogP contribution in [0.25, 0.3) is 0 Å². The lowest BCUT2D eigenvalue weighted by molar-refractivity contribution is -0.148. The number of carbonyl (C=O) groups is 2. The van der Waals surface area contributed by atoms with E-state index < -0.39 is 17.6 Å². The Morgan fingerprint density at radius 3 is 2.31 bits per heavy atom. The fourth-order valence-corrected chi connectivity index (χ4v) is 1.26. The molecule has 0 aromatic carbocycles. The number of nitrogens with two attached hydrogens (primary N) is 1. The summed E-state index contributed by atoms with van der Waals surface area (Å²) in [5.74, 6) is -1.41. The number of hydrogen-bond acceptors (Lipinski definition) is 3. The first-order chi connectivity index (χ1) is 7.20. The second-order valence-corrected chi connectivity index (χ2v) is 4.62. The third kappa shape index (κ3) is 4.44. The lowest BCUT2D eigenvalue weighted by atomic mass is 10.0. The van der Waals surface area contributed by atoms with Gasteiger partial charge >= 0.3 is 5.97 Å². The fraction of sp³-hybridized carbons (Fsp3) is 0.636. The Morgan fingerprint density at radius 2 is 2.00 bits per heavy atom. The molecule has 0 radical (unpaired) electrons. The van der Waals surface area contributed by atoms with Gasteiger partial charge in [-0.3, -0.25) is 9.59 Å². The van der Waals surface area contributed by atoms with Crippen molar-refractivity contribution in [1.29, 1.82) is 0 Å². The minimum atomic E-state index is -1.05. The smallest absolute Gasteiger partial charge is 0.323 e. The summed E-state index contributed by atoms with van der Waals surface area (Å²) in [6.07, 6.45) is 1.88. The monoisotopic (exact) mass is 228 g/mol. The highest BCUT2D eigenvalue weighted by Crippen LogP contribution is 2.14. The van der Waals surface area contributed by atoms with Crippen molar-refractivity contribution in [3.05, 3.63) is 12.7 Å². The summed E-state index contributed by atoms with van der Waals surface area (Å²) in [4.78, 5) is 23.9. The predicted molar refractivity (Wildman–Crippen MR) is 61.9 cm³/mol. The number of amides is 1. The van der Waals surface area contributed by atoms with Crippen LogP contribution in [0.2, 0.25) is 0 Å². The topological polar surface area (TPSA) is 83.6 Å². The molecule has 0 saturated heterocycles. The first kappa shape index (κ1) is 14.6. The van der Waals surface area contributed by atoms with E-state index in [2.05, 4.69) is 6.58 Å². The molecule has 0 rings (SSSR count). The van der Waals surface area contributed by atoms with Crippen molar-refractivity contribution >= 4 is 11.9 Å². The third-order valence-corrected chi connectivity index (χ3v) is 2.11. The van der Waals surface area contributed by atoms with Crippen molar-refractivity contribution in [1.82, 2.24) is 4.90 Å². The second-order valence-electron chi connectivity index (χ2n) is 4.62. The van der Waals surface area contributed by atoms with E-state index >= 15 is 0 Å². The molecule has 0 saturated carbocycles. The predicted octanol–water partition coefficient (Wildman–Crippen LogP) is 0.601. The average Bonchev–Trinajstić information content (AvgIpc) is 2.11. The van der Waals surface area contributed by atoms with Crippen LogP contribution >= 0.6 is 0 Å². The van der Waals surface area contributed by atoms with E-state index in [4.69, 9.17) is 10.8 Å². The number of carboxylic acids is 1. The van der Waals surface area contributed by atoms with Gasteiger partial charge in [0, 0.05) is 5.54 Å². The van der Waals surface area contributed by atoms with Gasteiger partial charge in [0.2, 0.25) is 5.91 Å². The molecule has 3 N–H and O–H groups in total. The van der Waals surface area contributed by atoms with Crippen LogP contribution in [-0.4, -0.2) is 40.0 Å². The van der Waals surface area contributed by atoms with Crippen LogP contribution in [0.3, 0.4) is 0 Å².